The molecule has 0 aliphatic heterocycles. The van der Waals surface area contributed by atoms with Crippen LogP contribution in [-0.2, 0) is 9.53 Å². The maximum Gasteiger partial charge on any atom is 0.255 e. The molecule has 0 aromatic heterocycles. The normalized spacial score (nSPS) is 12.2. The number of rotatable bonds is 3. The SMILES string of the molecule is COC(C)C(=O)N(C)c1cccc(N)c1. The first-order valence-corrected chi connectivity index (χ1v) is 4.72. The van der Waals surface area contributed by atoms with Gasteiger partial charge in [-0.05, 0) is 25.1 Å². The van der Waals surface area contributed by atoms with Crippen LogP contribution in [0.3, 0.4) is 0 Å². The third kappa shape index (κ3) is 2.70. The zero-order chi connectivity index (χ0) is 11.4. The lowest BCUT2D eigenvalue weighted by Gasteiger charge is -2.20. The number of carbonyl (C=O) groups excluding carboxylic acids is 1. The predicted molar refractivity (Wildman–Crippen MR) is 60.7 cm³/mol. The molecule has 4 nitrogen and oxygen atoms in total. The van der Waals surface area contributed by atoms with Gasteiger partial charge in [-0.25, -0.2) is 0 Å². The van der Waals surface area contributed by atoms with Gasteiger partial charge in [-0.15, -0.1) is 0 Å². The van der Waals surface area contributed by atoms with E-state index in [2.05, 4.69) is 0 Å². The summed E-state index contributed by atoms with van der Waals surface area (Å²) in [5.74, 6) is -0.0944. The fourth-order valence-electron chi connectivity index (χ4n) is 1.23. The van der Waals surface area contributed by atoms with Crippen LogP contribution in [0.2, 0.25) is 0 Å². The number of nitrogens with zero attached hydrogens (tertiary/aromatic N) is 1. The lowest BCUT2D eigenvalue weighted by Crippen LogP contribution is -2.35. The lowest BCUT2D eigenvalue weighted by molar-refractivity contribution is -0.127. The van der Waals surface area contributed by atoms with E-state index < -0.39 is 6.10 Å². The Morgan fingerprint density at radius 1 is 1.53 bits per heavy atom. The van der Waals surface area contributed by atoms with Gasteiger partial charge in [0.2, 0.25) is 0 Å². The van der Waals surface area contributed by atoms with Gasteiger partial charge in [-0.1, -0.05) is 6.07 Å². The van der Waals surface area contributed by atoms with Crippen LogP contribution in [0.1, 0.15) is 6.92 Å². The zero-order valence-corrected chi connectivity index (χ0v) is 9.23. The fourth-order valence-corrected chi connectivity index (χ4v) is 1.23. The summed E-state index contributed by atoms with van der Waals surface area (Å²) in [6, 6.07) is 7.17. The average molecular weight is 208 g/mol. The molecular weight excluding hydrogens is 192 g/mol. The molecule has 1 aromatic carbocycles. The number of carbonyl (C=O) groups is 1. The molecule has 0 saturated heterocycles. The van der Waals surface area contributed by atoms with E-state index in [0.717, 1.165) is 5.69 Å². The number of hydrogen-bond donors (Lipinski definition) is 1. The van der Waals surface area contributed by atoms with Crippen molar-refractivity contribution < 1.29 is 9.53 Å². The van der Waals surface area contributed by atoms with Crippen LogP contribution in [0, 0.1) is 0 Å². The number of likely N-dealkylation sites (N-methyl/N-ethyl adjacent to an activating group) is 1. The minimum absolute atomic E-state index is 0.0944. The van der Waals surface area contributed by atoms with Crippen molar-refractivity contribution in [1.29, 1.82) is 0 Å². The summed E-state index contributed by atoms with van der Waals surface area (Å²) in [6.45, 7) is 1.71. The molecule has 4 heteroatoms. The number of hydrogen-bond acceptors (Lipinski definition) is 3. The topological polar surface area (TPSA) is 55.6 Å². The van der Waals surface area contributed by atoms with E-state index in [1.165, 1.54) is 12.0 Å². The monoisotopic (exact) mass is 208 g/mol. The lowest BCUT2D eigenvalue weighted by atomic mass is 10.2. The van der Waals surface area contributed by atoms with E-state index in [1.54, 1.807) is 26.1 Å². The Bertz CT molecular complexity index is 352. The van der Waals surface area contributed by atoms with Crippen LogP contribution in [-0.4, -0.2) is 26.2 Å². The highest BCUT2D eigenvalue weighted by molar-refractivity contribution is 5.96. The first kappa shape index (κ1) is 11.5. The Labute approximate surface area is 89.6 Å². The maximum absolute atomic E-state index is 11.7. The second-order valence-corrected chi connectivity index (χ2v) is 3.37. The highest BCUT2D eigenvalue weighted by Crippen LogP contribution is 2.17. The molecule has 0 aliphatic rings. The van der Waals surface area contributed by atoms with Crippen LogP contribution >= 0.6 is 0 Å². The predicted octanol–water partition coefficient (Wildman–Crippen LogP) is 1.27. The third-order valence-corrected chi connectivity index (χ3v) is 2.29. The van der Waals surface area contributed by atoms with Gasteiger partial charge in [0.1, 0.15) is 6.10 Å². The molecule has 1 rings (SSSR count). The van der Waals surface area contributed by atoms with E-state index in [1.807, 2.05) is 12.1 Å². The van der Waals surface area contributed by atoms with Gasteiger partial charge in [-0.2, -0.15) is 0 Å². The van der Waals surface area contributed by atoms with Crippen molar-refractivity contribution in [2.24, 2.45) is 0 Å². The summed E-state index contributed by atoms with van der Waals surface area (Å²) >= 11 is 0. The van der Waals surface area contributed by atoms with Crippen molar-refractivity contribution in [2.45, 2.75) is 13.0 Å². The Morgan fingerprint density at radius 3 is 2.73 bits per heavy atom. The summed E-state index contributed by atoms with van der Waals surface area (Å²) in [5, 5.41) is 0. The van der Waals surface area contributed by atoms with Gasteiger partial charge in [0.25, 0.3) is 5.91 Å². The third-order valence-electron chi connectivity index (χ3n) is 2.29. The molecule has 0 bridgehead atoms. The maximum atomic E-state index is 11.7. The Balaban J connectivity index is 2.85. The van der Waals surface area contributed by atoms with E-state index >= 15 is 0 Å². The number of ether oxygens (including phenoxy) is 1. The average Bonchev–Trinajstić information content (AvgIpc) is 2.26. The number of methoxy groups -OCH3 is 1. The summed E-state index contributed by atoms with van der Waals surface area (Å²) in [7, 11) is 3.21. The smallest absolute Gasteiger partial charge is 0.255 e. The summed E-state index contributed by atoms with van der Waals surface area (Å²) in [4.78, 5) is 13.3. The number of nitrogen functional groups attached to an aromatic ring is 1. The summed E-state index contributed by atoms with van der Waals surface area (Å²) in [6.07, 6.45) is -0.448. The van der Waals surface area contributed by atoms with E-state index in [4.69, 9.17) is 10.5 Å². The molecule has 1 atom stereocenters. The Morgan fingerprint density at radius 2 is 2.20 bits per heavy atom. The van der Waals surface area contributed by atoms with Gasteiger partial charge in [0.15, 0.2) is 0 Å². The van der Waals surface area contributed by atoms with Crippen molar-refractivity contribution in [1.82, 2.24) is 0 Å². The van der Waals surface area contributed by atoms with Gasteiger partial charge in [0.05, 0.1) is 0 Å². The first-order valence-electron chi connectivity index (χ1n) is 4.72. The van der Waals surface area contributed by atoms with E-state index in [0.29, 0.717) is 5.69 Å². The molecule has 1 aromatic rings. The second-order valence-electron chi connectivity index (χ2n) is 3.37. The molecular formula is C11H16N2O2. The Hall–Kier alpha value is -1.55. The quantitative estimate of drug-likeness (QED) is 0.761. The second kappa shape index (κ2) is 4.79. The van der Waals surface area contributed by atoms with Crippen molar-refractivity contribution in [2.75, 3.05) is 24.8 Å². The van der Waals surface area contributed by atoms with Gasteiger partial charge < -0.3 is 15.4 Å². The van der Waals surface area contributed by atoms with Crippen molar-refractivity contribution >= 4 is 17.3 Å². The first-order chi connectivity index (χ1) is 7.06. The molecule has 0 aliphatic carbocycles. The van der Waals surface area contributed by atoms with Crippen LogP contribution in [0.5, 0.6) is 0 Å². The number of benzene rings is 1. The standard InChI is InChI=1S/C11H16N2O2/c1-8(15-3)11(14)13(2)10-6-4-5-9(12)7-10/h4-8H,12H2,1-3H3. The number of nitrogens with two attached hydrogens (primary N) is 1. The van der Waals surface area contributed by atoms with Crippen LogP contribution in [0.4, 0.5) is 11.4 Å². The molecule has 2 N–H and O–H groups in total. The molecule has 0 fully saturated rings. The van der Waals surface area contributed by atoms with E-state index in [-0.39, 0.29) is 5.91 Å². The van der Waals surface area contributed by atoms with Crippen molar-refractivity contribution in [3.8, 4) is 0 Å². The molecule has 0 radical (unpaired) electrons. The van der Waals surface area contributed by atoms with E-state index in [9.17, 15) is 4.79 Å². The summed E-state index contributed by atoms with van der Waals surface area (Å²) < 4.78 is 4.96. The number of anilines is 2. The van der Waals surface area contributed by atoms with Crippen LogP contribution in [0.25, 0.3) is 0 Å². The summed E-state index contributed by atoms with van der Waals surface area (Å²) in [5.41, 5.74) is 7.04. The minimum atomic E-state index is -0.448. The molecule has 0 saturated carbocycles. The molecule has 1 amide bonds. The molecule has 15 heavy (non-hydrogen) atoms. The molecule has 0 heterocycles. The highest BCUT2D eigenvalue weighted by atomic mass is 16.5. The van der Waals surface area contributed by atoms with Gasteiger partial charge in [0, 0.05) is 25.5 Å². The number of amides is 1. The molecule has 1 unspecified atom stereocenters. The van der Waals surface area contributed by atoms with Gasteiger partial charge in [-0.3, -0.25) is 4.79 Å². The van der Waals surface area contributed by atoms with Crippen molar-refractivity contribution in [3.05, 3.63) is 24.3 Å². The largest absolute Gasteiger partial charge is 0.399 e. The minimum Gasteiger partial charge on any atom is -0.399 e. The van der Waals surface area contributed by atoms with Crippen LogP contribution < -0.4 is 10.6 Å². The fraction of sp³-hybridized carbons (Fsp3) is 0.364. The Kier molecular flexibility index (Phi) is 3.68. The highest BCUT2D eigenvalue weighted by Gasteiger charge is 2.17. The van der Waals surface area contributed by atoms with Crippen molar-refractivity contribution in [3.63, 3.8) is 0 Å². The zero-order valence-electron chi connectivity index (χ0n) is 9.23. The molecule has 82 valence electrons. The molecule has 0 spiro atoms. The van der Waals surface area contributed by atoms with Crippen LogP contribution in [0.15, 0.2) is 24.3 Å². The van der Waals surface area contributed by atoms with Gasteiger partial charge >= 0.3 is 0 Å².